The van der Waals surface area contributed by atoms with Gasteiger partial charge in [-0.2, -0.15) is 0 Å². The predicted molar refractivity (Wildman–Crippen MR) is 49.7 cm³/mol. The SMILES string of the molecule is C#CCCCCCC(OC)OC. The van der Waals surface area contributed by atoms with Crippen LogP contribution in [-0.4, -0.2) is 20.5 Å². The summed E-state index contributed by atoms with van der Waals surface area (Å²) in [6.07, 6.45) is 10.3. The van der Waals surface area contributed by atoms with E-state index in [0.29, 0.717) is 0 Å². The van der Waals surface area contributed by atoms with Gasteiger partial charge in [0.05, 0.1) is 0 Å². The van der Waals surface area contributed by atoms with Crippen molar-refractivity contribution in [2.45, 2.75) is 38.4 Å². The summed E-state index contributed by atoms with van der Waals surface area (Å²) >= 11 is 0. The Kier molecular flexibility index (Phi) is 8.20. The lowest BCUT2D eigenvalue weighted by Crippen LogP contribution is -2.12. The zero-order valence-electron chi connectivity index (χ0n) is 8.01. The topological polar surface area (TPSA) is 18.5 Å². The lowest BCUT2D eigenvalue weighted by Gasteiger charge is -2.12. The Morgan fingerprint density at radius 3 is 2.33 bits per heavy atom. The van der Waals surface area contributed by atoms with E-state index in [1.165, 1.54) is 0 Å². The van der Waals surface area contributed by atoms with Crippen LogP contribution in [-0.2, 0) is 9.47 Å². The van der Waals surface area contributed by atoms with E-state index in [9.17, 15) is 0 Å². The van der Waals surface area contributed by atoms with Crippen LogP contribution in [0.15, 0.2) is 0 Å². The average molecular weight is 170 g/mol. The molecule has 0 aromatic carbocycles. The highest BCUT2D eigenvalue weighted by Gasteiger charge is 2.02. The number of hydrogen-bond acceptors (Lipinski definition) is 2. The summed E-state index contributed by atoms with van der Waals surface area (Å²) in [7, 11) is 3.32. The summed E-state index contributed by atoms with van der Waals surface area (Å²) in [5.41, 5.74) is 0. The molecular formula is C10H18O2. The molecule has 0 aliphatic heterocycles. The van der Waals surface area contributed by atoms with Crippen molar-refractivity contribution < 1.29 is 9.47 Å². The number of hydrogen-bond donors (Lipinski definition) is 0. The molecule has 2 heteroatoms. The summed E-state index contributed by atoms with van der Waals surface area (Å²) < 4.78 is 10.1. The van der Waals surface area contributed by atoms with Crippen molar-refractivity contribution in [2.24, 2.45) is 0 Å². The molecule has 0 N–H and O–H groups in total. The molecule has 0 saturated carbocycles. The van der Waals surface area contributed by atoms with Crippen molar-refractivity contribution in [3.63, 3.8) is 0 Å². The van der Waals surface area contributed by atoms with Gasteiger partial charge in [-0.1, -0.05) is 6.42 Å². The minimum Gasteiger partial charge on any atom is -0.356 e. The summed E-state index contributed by atoms with van der Waals surface area (Å²) in [6.45, 7) is 0. The smallest absolute Gasteiger partial charge is 0.156 e. The Labute approximate surface area is 75.3 Å². The normalized spacial score (nSPS) is 10.2. The van der Waals surface area contributed by atoms with Crippen molar-refractivity contribution in [1.82, 2.24) is 0 Å². The number of unbranched alkanes of at least 4 members (excludes halogenated alkanes) is 3. The van der Waals surface area contributed by atoms with Gasteiger partial charge in [0.2, 0.25) is 0 Å². The molecule has 2 nitrogen and oxygen atoms in total. The van der Waals surface area contributed by atoms with Gasteiger partial charge in [0.1, 0.15) is 0 Å². The first kappa shape index (κ1) is 11.5. The summed E-state index contributed by atoms with van der Waals surface area (Å²) in [4.78, 5) is 0. The first-order valence-corrected chi connectivity index (χ1v) is 4.34. The van der Waals surface area contributed by atoms with Gasteiger partial charge < -0.3 is 9.47 Å². The lowest BCUT2D eigenvalue weighted by atomic mass is 10.1. The molecule has 70 valence electrons. The number of ether oxygens (including phenoxy) is 2. The first-order valence-electron chi connectivity index (χ1n) is 4.34. The van der Waals surface area contributed by atoms with Crippen molar-refractivity contribution in [3.05, 3.63) is 0 Å². The van der Waals surface area contributed by atoms with E-state index < -0.39 is 0 Å². The fourth-order valence-electron chi connectivity index (χ4n) is 1.05. The van der Waals surface area contributed by atoms with Crippen LogP contribution in [0.1, 0.15) is 32.1 Å². The number of methoxy groups -OCH3 is 2. The maximum atomic E-state index is 5.12. The second kappa shape index (κ2) is 8.58. The van der Waals surface area contributed by atoms with Gasteiger partial charge in [-0.15, -0.1) is 12.3 Å². The molecule has 0 atom stereocenters. The molecule has 0 amide bonds. The number of rotatable bonds is 7. The van der Waals surface area contributed by atoms with E-state index in [-0.39, 0.29) is 6.29 Å². The molecule has 0 aliphatic rings. The fourth-order valence-corrected chi connectivity index (χ4v) is 1.05. The van der Waals surface area contributed by atoms with Crippen LogP contribution >= 0.6 is 0 Å². The zero-order valence-corrected chi connectivity index (χ0v) is 8.01. The van der Waals surface area contributed by atoms with Crippen LogP contribution in [0.3, 0.4) is 0 Å². The minimum atomic E-state index is -0.0455. The quantitative estimate of drug-likeness (QED) is 0.331. The third-order valence-corrected chi connectivity index (χ3v) is 1.79. The highest BCUT2D eigenvalue weighted by atomic mass is 16.7. The van der Waals surface area contributed by atoms with Gasteiger partial charge in [-0.05, 0) is 19.3 Å². The first-order chi connectivity index (χ1) is 5.85. The maximum Gasteiger partial charge on any atom is 0.156 e. The minimum absolute atomic E-state index is 0.0455. The Morgan fingerprint density at radius 2 is 1.83 bits per heavy atom. The molecule has 0 aliphatic carbocycles. The molecule has 0 saturated heterocycles. The van der Waals surface area contributed by atoms with Crippen molar-refractivity contribution in [2.75, 3.05) is 14.2 Å². The molecule has 0 rings (SSSR count). The maximum absolute atomic E-state index is 5.12. The van der Waals surface area contributed by atoms with Crippen molar-refractivity contribution >= 4 is 0 Å². The van der Waals surface area contributed by atoms with Crippen molar-refractivity contribution in [3.8, 4) is 12.3 Å². The zero-order chi connectivity index (χ0) is 9.23. The monoisotopic (exact) mass is 170 g/mol. The molecule has 0 spiro atoms. The molecule has 0 fully saturated rings. The third-order valence-electron chi connectivity index (χ3n) is 1.79. The van der Waals surface area contributed by atoms with Crippen LogP contribution in [0.25, 0.3) is 0 Å². The average Bonchev–Trinajstić information content (AvgIpc) is 2.11. The standard InChI is InChI=1S/C10H18O2/c1-4-5-6-7-8-9-10(11-2)12-3/h1,10H,5-9H2,2-3H3. The van der Waals surface area contributed by atoms with E-state index in [0.717, 1.165) is 32.1 Å². The Morgan fingerprint density at radius 1 is 1.17 bits per heavy atom. The van der Waals surface area contributed by atoms with Crippen LogP contribution in [0.2, 0.25) is 0 Å². The second-order valence-corrected chi connectivity index (χ2v) is 2.70. The van der Waals surface area contributed by atoms with Crippen LogP contribution in [0.5, 0.6) is 0 Å². The Balaban J connectivity index is 3.13. The molecule has 0 aromatic rings. The molecular weight excluding hydrogens is 152 g/mol. The molecule has 0 unspecified atom stereocenters. The van der Waals surface area contributed by atoms with Gasteiger partial charge in [0.15, 0.2) is 6.29 Å². The highest BCUT2D eigenvalue weighted by molar-refractivity contribution is 4.82. The third kappa shape index (κ3) is 6.21. The number of terminal acetylenes is 1. The van der Waals surface area contributed by atoms with Gasteiger partial charge in [-0.25, -0.2) is 0 Å². The fraction of sp³-hybridized carbons (Fsp3) is 0.800. The van der Waals surface area contributed by atoms with E-state index in [4.69, 9.17) is 15.9 Å². The van der Waals surface area contributed by atoms with E-state index in [1.54, 1.807) is 14.2 Å². The van der Waals surface area contributed by atoms with E-state index in [2.05, 4.69) is 5.92 Å². The largest absolute Gasteiger partial charge is 0.356 e. The summed E-state index contributed by atoms with van der Waals surface area (Å²) in [6, 6.07) is 0. The summed E-state index contributed by atoms with van der Waals surface area (Å²) in [5, 5.41) is 0. The van der Waals surface area contributed by atoms with Crippen LogP contribution < -0.4 is 0 Å². The molecule has 0 heterocycles. The van der Waals surface area contributed by atoms with Crippen LogP contribution in [0, 0.1) is 12.3 Å². The van der Waals surface area contributed by atoms with Gasteiger partial charge in [-0.3, -0.25) is 0 Å². The molecule has 0 radical (unpaired) electrons. The van der Waals surface area contributed by atoms with Crippen molar-refractivity contribution in [1.29, 1.82) is 0 Å². The second-order valence-electron chi connectivity index (χ2n) is 2.70. The highest BCUT2D eigenvalue weighted by Crippen LogP contribution is 2.07. The molecule has 0 bridgehead atoms. The molecule has 0 aromatic heterocycles. The van der Waals surface area contributed by atoms with Gasteiger partial charge in [0.25, 0.3) is 0 Å². The van der Waals surface area contributed by atoms with E-state index in [1.807, 2.05) is 0 Å². The molecule has 12 heavy (non-hydrogen) atoms. The van der Waals surface area contributed by atoms with Gasteiger partial charge >= 0.3 is 0 Å². The lowest BCUT2D eigenvalue weighted by molar-refractivity contribution is -0.107. The predicted octanol–water partition coefficient (Wildman–Crippen LogP) is 2.19. The Bertz CT molecular complexity index is 122. The Hall–Kier alpha value is -0.520. The van der Waals surface area contributed by atoms with Gasteiger partial charge in [0, 0.05) is 20.6 Å². The van der Waals surface area contributed by atoms with Crippen LogP contribution in [0.4, 0.5) is 0 Å². The van der Waals surface area contributed by atoms with E-state index >= 15 is 0 Å². The summed E-state index contributed by atoms with van der Waals surface area (Å²) in [5.74, 6) is 2.62.